The van der Waals surface area contributed by atoms with Gasteiger partial charge in [-0.2, -0.15) is 0 Å². The Balaban J connectivity index is 1.12. The van der Waals surface area contributed by atoms with Crippen LogP contribution in [0.4, 0.5) is 11.4 Å². The summed E-state index contributed by atoms with van der Waals surface area (Å²) in [6, 6.07) is 46.2. The molecular formula is C49H45N3. The van der Waals surface area contributed by atoms with Crippen molar-refractivity contribution in [1.29, 1.82) is 0 Å². The van der Waals surface area contributed by atoms with Gasteiger partial charge in [-0.3, -0.25) is 0 Å². The summed E-state index contributed by atoms with van der Waals surface area (Å²) in [6.07, 6.45) is 15.6. The van der Waals surface area contributed by atoms with Crippen molar-refractivity contribution >= 4 is 17.1 Å². The van der Waals surface area contributed by atoms with Crippen molar-refractivity contribution in [1.82, 2.24) is 0 Å². The molecule has 1 N–H and O–H groups in total. The maximum absolute atomic E-state index is 5.69. The molecule has 4 aliphatic carbocycles. The molecule has 11 rings (SSSR count). The smallest absolute Gasteiger partial charge is 0.197 e. The molecule has 256 valence electrons. The SMILES string of the molecule is C1=C(C2=NC(N3c4ccccc4C4CCc5c(ccc6c5C5CCCC=C5C6(c5ccccc5)c5ccccc5)C43)Nc3ccccc32)CCCC1. The molecule has 0 saturated carbocycles. The van der Waals surface area contributed by atoms with Crippen molar-refractivity contribution in [2.45, 2.75) is 87.4 Å². The average molecular weight is 676 g/mol. The number of hydrogen-bond acceptors (Lipinski definition) is 3. The van der Waals surface area contributed by atoms with Gasteiger partial charge >= 0.3 is 0 Å². The summed E-state index contributed by atoms with van der Waals surface area (Å²) >= 11 is 0. The zero-order valence-corrected chi connectivity index (χ0v) is 29.8. The lowest BCUT2D eigenvalue weighted by atomic mass is 9.65. The third-order valence-electron chi connectivity index (χ3n) is 13.3. The fourth-order valence-corrected chi connectivity index (χ4v) is 11.3. The number of benzene rings is 5. The molecule has 3 heteroatoms. The Morgan fingerprint density at radius 3 is 2.21 bits per heavy atom. The first-order valence-electron chi connectivity index (χ1n) is 19.8. The minimum absolute atomic E-state index is 0.180. The molecular weight excluding hydrogens is 631 g/mol. The van der Waals surface area contributed by atoms with E-state index in [4.69, 9.17) is 4.99 Å². The Hall–Kier alpha value is -5.15. The van der Waals surface area contributed by atoms with E-state index >= 15 is 0 Å². The summed E-state index contributed by atoms with van der Waals surface area (Å²) < 4.78 is 0. The lowest BCUT2D eigenvalue weighted by molar-refractivity contribution is 0.458. The van der Waals surface area contributed by atoms with Gasteiger partial charge in [-0.05, 0) is 120 Å². The van der Waals surface area contributed by atoms with Crippen LogP contribution < -0.4 is 10.2 Å². The van der Waals surface area contributed by atoms with E-state index in [0.29, 0.717) is 11.8 Å². The number of aliphatic imine (C=N–C) groups is 1. The summed E-state index contributed by atoms with van der Waals surface area (Å²) in [5, 5.41) is 3.97. The molecule has 6 aliphatic rings. The van der Waals surface area contributed by atoms with Gasteiger partial charge in [0.1, 0.15) is 0 Å². The number of rotatable bonds is 4. The van der Waals surface area contributed by atoms with E-state index in [1.807, 2.05) is 0 Å². The molecule has 0 amide bonds. The van der Waals surface area contributed by atoms with Crippen LogP contribution in [-0.2, 0) is 11.8 Å². The number of hydrogen-bond donors (Lipinski definition) is 1. The van der Waals surface area contributed by atoms with Crippen LogP contribution in [-0.4, -0.2) is 12.0 Å². The quantitative estimate of drug-likeness (QED) is 0.192. The van der Waals surface area contributed by atoms with Gasteiger partial charge in [-0.25, -0.2) is 4.99 Å². The zero-order chi connectivity index (χ0) is 34.2. The Labute approximate surface area is 307 Å². The molecule has 0 fully saturated rings. The molecule has 2 aliphatic heterocycles. The third kappa shape index (κ3) is 4.29. The standard InChI is InChI=1S/C49H45N3/c1-4-16-32(17-5-1)46-40-24-11-14-26-43(40)50-48(51-46)52-44-27-15-12-22-35(44)37-29-28-36-38(47(37)52)30-31-42-45(36)39-23-10-13-25-41(39)49(42,33-18-6-2-7-19-33)34-20-8-3-9-21-34/h2-3,6-9,11-12,14-16,18-22,24-27,30-31,37,39,47-48,50H,1,4-5,10,13,17,23,28-29H2. The molecule has 4 atom stereocenters. The lowest BCUT2D eigenvalue weighted by Crippen LogP contribution is -2.45. The van der Waals surface area contributed by atoms with Crippen LogP contribution in [0.3, 0.4) is 0 Å². The van der Waals surface area contributed by atoms with Gasteiger partial charge in [0.25, 0.3) is 0 Å². The minimum atomic E-state index is -0.269. The van der Waals surface area contributed by atoms with Gasteiger partial charge < -0.3 is 10.2 Å². The number of para-hydroxylation sites is 2. The van der Waals surface area contributed by atoms with E-state index in [9.17, 15) is 0 Å². The first-order chi connectivity index (χ1) is 25.8. The Kier molecular flexibility index (Phi) is 7.00. The molecule has 0 radical (unpaired) electrons. The lowest BCUT2D eigenvalue weighted by Gasteiger charge is -2.42. The van der Waals surface area contributed by atoms with Crippen molar-refractivity contribution in [3.8, 4) is 0 Å². The van der Waals surface area contributed by atoms with Gasteiger partial charge in [-0.1, -0.05) is 121 Å². The third-order valence-corrected chi connectivity index (χ3v) is 13.3. The monoisotopic (exact) mass is 675 g/mol. The van der Waals surface area contributed by atoms with E-state index in [0.717, 1.165) is 32.1 Å². The molecule has 3 nitrogen and oxygen atoms in total. The van der Waals surface area contributed by atoms with Crippen molar-refractivity contribution in [2.24, 2.45) is 4.99 Å². The topological polar surface area (TPSA) is 27.6 Å². The number of anilines is 2. The predicted octanol–water partition coefficient (Wildman–Crippen LogP) is 11.5. The van der Waals surface area contributed by atoms with Crippen LogP contribution >= 0.6 is 0 Å². The summed E-state index contributed by atoms with van der Waals surface area (Å²) in [5.41, 5.74) is 18.3. The summed E-state index contributed by atoms with van der Waals surface area (Å²) in [5.74, 6) is 0.875. The zero-order valence-electron chi connectivity index (χ0n) is 29.8. The van der Waals surface area contributed by atoms with Gasteiger partial charge in [0.15, 0.2) is 6.29 Å². The highest BCUT2D eigenvalue weighted by Gasteiger charge is 2.54. The van der Waals surface area contributed by atoms with Gasteiger partial charge in [0.05, 0.1) is 17.2 Å². The van der Waals surface area contributed by atoms with Crippen molar-refractivity contribution in [3.63, 3.8) is 0 Å². The number of fused-ring (bicyclic) bond motifs is 10. The minimum Gasteiger partial charge on any atom is -0.346 e. The Morgan fingerprint density at radius 1 is 0.654 bits per heavy atom. The molecule has 0 spiro atoms. The molecule has 4 unspecified atom stereocenters. The highest BCUT2D eigenvalue weighted by atomic mass is 15.4. The van der Waals surface area contributed by atoms with Crippen LogP contribution in [0.1, 0.15) is 114 Å². The number of nitrogens with zero attached hydrogens (tertiary/aromatic N) is 2. The van der Waals surface area contributed by atoms with Gasteiger partial charge in [-0.15, -0.1) is 0 Å². The Bertz CT molecular complexity index is 2260. The molecule has 2 heterocycles. The second-order valence-electron chi connectivity index (χ2n) is 15.8. The number of nitrogens with one attached hydrogen (secondary N) is 1. The second-order valence-corrected chi connectivity index (χ2v) is 15.8. The average Bonchev–Trinajstić information content (AvgIpc) is 3.73. The van der Waals surface area contributed by atoms with E-state index < -0.39 is 0 Å². The molecule has 0 saturated heterocycles. The van der Waals surface area contributed by atoms with E-state index in [1.165, 1.54) is 81.7 Å². The second kappa shape index (κ2) is 12.0. The summed E-state index contributed by atoms with van der Waals surface area (Å²) in [7, 11) is 0. The van der Waals surface area contributed by atoms with E-state index in [-0.39, 0.29) is 17.7 Å². The largest absolute Gasteiger partial charge is 0.346 e. The predicted molar refractivity (Wildman–Crippen MR) is 214 cm³/mol. The van der Waals surface area contributed by atoms with Crippen LogP contribution in [0.25, 0.3) is 0 Å². The van der Waals surface area contributed by atoms with E-state index in [1.54, 1.807) is 16.7 Å². The van der Waals surface area contributed by atoms with Crippen LogP contribution in [0, 0.1) is 0 Å². The van der Waals surface area contributed by atoms with E-state index in [2.05, 4.69) is 144 Å². The fraction of sp³-hybridized carbons (Fsp3) is 0.286. The maximum atomic E-state index is 5.69. The first-order valence-corrected chi connectivity index (χ1v) is 19.8. The summed E-state index contributed by atoms with van der Waals surface area (Å²) in [4.78, 5) is 8.36. The molecule has 52 heavy (non-hydrogen) atoms. The fourth-order valence-electron chi connectivity index (χ4n) is 11.3. The maximum Gasteiger partial charge on any atom is 0.197 e. The normalized spacial score (nSPS) is 24.8. The van der Waals surface area contributed by atoms with Gasteiger partial charge in [0.2, 0.25) is 0 Å². The van der Waals surface area contributed by atoms with Crippen molar-refractivity contribution in [3.05, 3.63) is 189 Å². The van der Waals surface area contributed by atoms with Gasteiger partial charge in [0, 0.05) is 28.8 Å². The highest BCUT2D eigenvalue weighted by Crippen LogP contribution is 2.64. The molecule has 5 aromatic carbocycles. The van der Waals surface area contributed by atoms with Crippen molar-refractivity contribution in [2.75, 3.05) is 10.2 Å². The van der Waals surface area contributed by atoms with Crippen LogP contribution in [0.2, 0.25) is 0 Å². The van der Waals surface area contributed by atoms with Crippen LogP contribution in [0.5, 0.6) is 0 Å². The molecule has 5 aromatic rings. The van der Waals surface area contributed by atoms with Crippen LogP contribution in [0.15, 0.2) is 150 Å². The molecule has 0 bridgehead atoms. The van der Waals surface area contributed by atoms with Crippen molar-refractivity contribution < 1.29 is 0 Å². The highest BCUT2D eigenvalue weighted by molar-refractivity contribution is 6.16. The summed E-state index contributed by atoms with van der Waals surface area (Å²) in [6.45, 7) is 0. The first kappa shape index (κ1) is 30.5. The number of allylic oxidation sites excluding steroid dienone is 4. The Morgan fingerprint density at radius 2 is 1.40 bits per heavy atom. The molecule has 0 aromatic heterocycles.